The number of rotatable bonds is 0. The third-order valence-corrected chi connectivity index (χ3v) is 1.87. The molecule has 1 aliphatic carbocycles. The fourth-order valence-electron chi connectivity index (χ4n) is 1.19. The van der Waals surface area contributed by atoms with E-state index in [1.165, 1.54) is 12.8 Å². The summed E-state index contributed by atoms with van der Waals surface area (Å²) in [5, 5.41) is 0. The number of nitrogens with two attached hydrogens (primary N) is 2. The van der Waals surface area contributed by atoms with Crippen LogP contribution < -0.4 is 11.5 Å². The van der Waals surface area contributed by atoms with Crippen LogP contribution in [0.4, 0.5) is 0 Å². The molecule has 1 fully saturated rings. The quantitative estimate of drug-likeness (QED) is 0.459. The Morgan fingerprint density at radius 3 is 1.45 bits per heavy atom. The van der Waals surface area contributed by atoms with Crippen molar-refractivity contribution in [2.24, 2.45) is 11.5 Å². The van der Waals surface area contributed by atoms with Gasteiger partial charge in [-0.3, -0.25) is 0 Å². The second-order valence-electron chi connectivity index (χ2n) is 2.68. The molecule has 1 saturated carbocycles. The van der Waals surface area contributed by atoms with Gasteiger partial charge >= 0.3 is 26.8 Å². The van der Waals surface area contributed by atoms with Gasteiger partial charge in [-0.05, 0) is 12.8 Å². The molecule has 0 heterocycles. The van der Waals surface area contributed by atoms with Crippen molar-refractivity contribution in [1.82, 2.24) is 0 Å². The molecule has 6 N–H and O–H groups in total. The molecule has 0 aromatic rings. The molecule has 1 aliphatic rings. The Morgan fingerprint density at radius 1 is 1.00 bits per heavy atom. The predicted molar refractivity (Wildman–Crippen MR) is 38.9 cm³/mol. The summed E-state index contributed by atoms with van der Waals surface area (Å²) >= 11 is -1.42. The maximum atomic E-state index is 7.24. The molecular weight excluding hydrogens is 327 g/mol. The van der Waals surface area contributed by atoms with E-state index in [0.717, 1.165) is 12.8 Å². The van der Waals surface area contributed by atoms with Gasteiger partial charge in [-0.15, -0.1) is 0 Å². The van der Waals surface area contributed by atoms with E-state index in [1.54, 1.807) is 0 Å². The summed E-state index contributed by atoms with van der Waals surface area (Å²) in [6.45, 7) is 0. The molecule has 0 bridgehead atoms. The third-order valence-electron chi connectivity index (χ3n) is 1.87. The van der Waals surface area contributed by atoms with E-state index in [1.807, 2.05) is 0 Å². The standard InChI is InChI=1S/C6H14N2.2H2O.Pt/c7-5-3-1-2-4-6(5)8;;;/h5-6H,1-4,7-8H2;2*1H2;/q;;;+2/p-2/t5-,6+;;;. The SMILES string of the molecule is N[C@@H]1CCCC[C@@H]1N.[OH][Pt][OH]. The van der Waals surface area contributed by atoms with Crippen molar-refractivity contribution in [3.63, 3.8) is 0 Å². The molecule has 0 unspecified atom stereocenters. The average Bonchev–Trinajstić information content (AvgIpc) is 1.97. The summed E-state index contributed by atoms with van der Waals surface area (Å²) in [5.74, 6) is 0. The molecule has 1 rings (SSSR count). The van der Waals surface area contributed by atoms with Gasteiger partial charge in [-0.2, -0.15) is 0 Å². The van der Waals surface area contributed by atoms with Crippen LogP contribution >= 0.6 is 0 Å². The van der Waals surface area contributed by atoms with E-state index < -0.39 is 19.3 Å². The van der Waals surface area contributed by atoms with E-state index in [4.69, 9.17) is 19.0 Å². The molecule has 11 heavy (non-hydrogen) atoms. The van der Waals surface area contributed by atoms with Crippen LogP contribution in [0.1, 0.15) is 25.7 Å². The van der Waals surface area contributed by atoms with Gasteiger partial charge in [0, 0.05) is 12.1 Å². The Balaban J connectivity index is 0.000000292. The minimum absolute atomic E-state index is 0.281. The summed E-state index contributed by atoms with van der Waals surface area (Å²) in [5.41, 5.74) is 11.3. The van der Waals surface area contributed by atoms with Crippen molar-refractivity contribution >= 4 is 0 Å². The van der Waals surface area contributed by atoms with E-state index in [-0.39, 0.29) is 12.1 Å². The Hall–Kier alpha value is 0.528. The monoisotopic (exact) mass is 343 g/mol. The summed E-state index contributed by atoms with van der Waals surface area (Å²) in [6, 6.07) is 0.562. The molecule has 5 heteroatoms. The number of hydrogen-bond acceptors (Lipinski definition) is 4. The van der Waals surface area contributed by atoms with Crippen LogP contribution in [0, 0.1) is 0 Å². The molecule has 0 aromatic carbocycles. The van der Waals surface area contributed by atoms with Crippen molar-refractivity contribution < 1.29 is 26.8 Å². The first-order valence-corrected chi connectivity index (χ1v) is 5.63. The molecular formula is C6H16N2O2Pt. The zero-order valence-electron chi connectivity index (χ0n) is 6.35. The first kappa shape index (κ1) is 11.5. The normalized spacial score (nSPS) is 30.9. The van der Waals surface area contributed by atoms with Crippen LogP contribution in [-0.2, 0) is 19.3 Å². The predicted octanol–water partition coefficient (Wildman–Crippen LogP) is -0.901. The summed E-state index contributed by atoms with van der Waals surface area (Å²) in [4.78, 5) is 0. The van der Waals surface area contributed by atoms with Crippen LogP contribution in [0.5, 0.6) is 0 Å². The van der Waals surface area contributed by atoms with E-state index in [9.17, 15) is 0 Å². The topological polar surface area (TPSA) is 92.5 Å². The molecule has 4 nitrogen and oxygen atoms in total. The van der Waals surface area contributed by atoms with Gasteiger partial charge in [0.05, 0.1) is 0 Å². The van der Waals surface area contributed by atoms with Gasteiger partial charge in [-0.25, -0.2) is 0 Å². The second-order valence-corrected chi connectivity index (χ2v) is 3.13. The van der Waals surface area contributed by atoms with Gasteiger partial charge in [-0.1, -0.05) is 12.8 Å². The molecule has 0 amide bonds. The van der Waals surface area contributed by atoms with Crippen molar-refractivity contribution in [2.45, 2.75) is 37.8 Å². The first-order valence-electron chi connectivity index (χ1n) is 3.60. The van der Waals surface area contributed by atoms with Gasteiger partial charge in [0.15, 0.2) is 0 Å². The van der Waals surface area contributed by atoms with Crippen LogP contribution in [0.2, 0.25) is 0 Å². The minimum atomic E-state index is -1.42. The zero-order chi connectivity index (χ0) is 8.69. The molecule has 0 aliphatic heterocycles. The maximum absolute atomic E-state index is 7.24. The zero-order valence-corrected chi connectivity index (χ0v) is 8.62. The molecule has 72 valence electrons. The summed E-state index contributed by atoms with van der Waals surface area (Å²) in [6.07, 6.45) is 4.80. The Morgan fingerprint density at radius 2 is 1.27 bits per heavy atom. The fourth-order valence-corrected chi connectivity index (χ4v) is 1.19. The Bertz CT molecular complexity index is 84.7. The molecule has 0 radical (unpaired) electrons. The van der Waals surface area contributed by atoms with E-state index in [2.05, 4.69) is 0 Å². The molecule has 0 aromatic heterocycles. The average molecular weight is 343 g/mol. The van der Waals surface area contributed by atoms with Gasteiger partial charge < -0.3 is 11.5 Å². The van der Waals surface area contributed by atoms with Crippen LogP contribution in [0.15, 0.2) is 0 Å². The summed E-state index contributed by atoms with van der Waals surface area (Å²) in [7, 11) is 0. The van der Waals surface area contributed by atoms with E-state index >= 15 is 0 Å². The van der Waals surface area contributed by atoms with Crippen LogP contribution in [0.25, 0.3) is 0 Å². The molecule has 2 atom stereocenters. The fraction of sp³-hybridized carbons (Fsp3) is 1.00. The van der Waals surface area contributed by atoms with Gasteiger partial charge in [0.25, 0.3) is 0 Å². The van der Waals surface area contributed by atoms with Crippen molar-refractivity contribution in [2.75, 3.05) is 0 Å². The Kier molecular flexibility index (Phi) is 7.54. The molecule has 0 saturated heterocycles. The van der Waals surface area contributed by atoms with Gasteiger partial charge in [0.2, 0.25) is 0 Å². The van der Waals surface area contributed by atoms with Crippen LogP contribution in [0.3, 0.4) is 0 Å². The van der Waals surface area contributed by atoms with E-state index in [0.29, 0.717) is 0 Å². The summed E-state index contributed by atoms with van der Waals surface area (Å²) < 4.78 is 14.5. The first-order chi connectivity index (χ1) is 5.22. The van der Waals surface area contributed by atoms with Crippen molar-refractivity contribution in [3.8, 4) is 0 Å². The third kappa shape index (κ3) is 5.76. The van der Waals surface area contributed by atoms with Crippen molar-refractivity contribution in [1.29, 1.82) is 0 Å². The Labute approximate surface area is 76.4 Å². The van der Waals surface area contributed by atoms with Crippen LogP contribution in [-0.4, -0.2) is 19.6 Å². The van der Waals surface area contributed by atoms with Gasteiger partial charge in [0.1, 0.15) is 0 Å². The molecule has 0 spiro atoms. The van der Waals surface area contributed by atoms with Crippen molar-refractivity contribution in [3.05, 3.63) is 0 Å². The second kappa shape index (κ2) is 7.19. The number of hydrogen-bond donors (Lipinski definition) is 4.